The van der Waals surface area contributed by atoms with Crippen LogP contribution in [0.5, 0.6) is 17.4 Å². The maximum atomic E-state index is 12.5. The zero-order valence-corrected chi connectivity index (χ0v) is 19.0. The molecule has 0 unspecified atom stereocenters. The number of β-amino-alcohol motifs (C(OH)–C–C–N with tert-alkyl or cyclic N) is 1. The first kappa shape index (κ1) is 22.5. The molecule has 180 valence electrons. The number of aliphatic hydroxyl groups excluding tert-OH is 1. The number of fused-ring (bicyclic) bond motifs is 2. The van der Waals surface area contributed by atoms with Crippen LogP contribution < -0.4 is 25.1 Å². The molecule has 0 spiro atoms. The Morgan fingerprint density at radius 2 is 2.00 bits per heavy atom. The molecular weight excluding hydrogens is 440 g/mol. The van der Waals surface area contributed by atoms with E-state index in [1.165, 1.54) is 19.4 Å². The molecule has 0 amide bonds. The molecule has 11 heteroatoms. The van der Waals surface area contributed by atoms with Crippen LogP contribution in [-0.2, 0) is 13.1 Å². The highest BCUT2D eigenvalue weighted by molar-refractivity contribution is 5.70. The fourth-order valence-corrected chi connectivity index (χ4v) is 4.39. The van der Waals surface area contributed by atoms with E-state index in [1.807, 2.05) is 6.07 Å². The number of rotatable bonds is 8. The third kappa shape index (κ3) is 4.81. The van der Waals surface area contributed by atoms with Gasteiger partial charge in [-0.1, -0.05) is 0 Å². The summed E-state index contributed by atoms with van der Waals surface area (Å²) in [5.41, 5.74) is 1.86. The molecule has 3 aromatic heterocycles. The van der Waals surface area contributed by atoms with Gasteiger partial charge in [0.25, 0.3) is 5.56 Å². The molecule has 11 nitrogen and oxygen atoms in total. The maximum Gasteiger partial charge on any atom is 0.252 e. The zero-order valence-electron chi connectivity index (χ0n) is 19.0. The van der Waals surface area contributed by atoms with E-state index in [1.54, 1.807) is 16.8 Å². The largest absolute Gasteiger partial charge is 0.486 e. The minimum atomic E-state index is -0.440. The summed E-state index contributed by atoms with van der Waals surface area (Å²) in [4.78, 5) is 27.8. The number of likely N-dealkylation sites (tertiary alicyclic amines) is 1. The van der Waals surface area contributed by atoms with Gasteiger partial charge in [-0.3, -0.25) is 19.2 Å². The standard InChI is InChI=1S/C23H28N6O5/c1-32-21-12-26-17-2-3-22(31)29(23(17)27-21)5-4-28-13-15(18(30)14-28)9-24-10-16-8-19-20(11-25-16)34-7-6-33-19/h2-3,8,11-12,15,18,24,30H,4-7,9-10,13-14H2,1H3/t15-,18+/m0/s1. The maximum absolute atomic E-state index is 12.5. The van der Waals surface area contributed by atoms with Crippen LogP contribution in [0.1, 0.15) is 5.69 Å². The highest BCUT2D eigenvalue weighted by Gasteiger charge is 2.30. The molecule has 0 saturated carbocycles. The number of aliphatic hydroxyl groups is 1. The van der Waals surface area contributed by atoms with E-state index >= 15 is 0 Å². The molecule has 0 bridgehead atoms. The van der Waals surface area contributed by atoms with Gasteiger partial charge in [0.1, 0.15) is 18.7 Å². The first-order valence-corrected chi connectivity index (χ1v) is 11.4. The average molecular weight is 469 g/mol. The molecule has 2 aliphatic heterocycles. The zero-order chi connectivity index (χ0) is 23.5. The summed E-state index contributed by atoms with van der Waals surface area (Å²) in [5.74, 6) is 1.84. The van der Waals surface area contributed by atoms with E-state index in [2.05, 4.69) is 25.2 Å². The fraction of sp³-hybridized carbons (Fsp3) is 0.478. The molecule has 1 fully saturated rings. The van der Waals surface area contributed by atoms with Crippen molar-refractivity contribution in [1.29, 1.82) is 0 Å². The van der Waals surface area contributed by atoms with Crippen LogP contribution in [0.15, 0.2) is 35.4 Å². The van der Waals surface area contributed by atoms with Crippen molar-refractivity contribution in [2.24, 2.45) is 5.92 Å². The van der Waals surface area contributed by atoms with Crippen molar-refractivity contribution in [2.45, 2.75) is 19.2 Å². The van der Waals surface area contributed by atoms with Crippen molar-refractivity contribution in [3.8, 4) is 17.4 Å². The van der Waals surface area contributed by atoms with Gasteiger partial charge in [0.15, 0.2) is 17.1 Å². The summed E-state index contributed by atoms with van der Waals surface area (Å²) in [7, 11) is 1.52. The van der Waals surface area contributed by atoms with Crippen LogP contribution in [0.4, 0.5) is 0 Å². The van der Waals surface area contributed by atoms with Crippen LogP contribution in [0.2, 0.25) is 0 Å². The van der Waals surface area contributed by atoms with E-state index in [0.717, 1.165) is 18.0 Å². The monoisotopic (exact) mass is 468 g/mol. The summed E-state index contributed by atoms with van der Waals surface area (Å²) < 4.78 is 17.9. The Bertz CT molecular complexity index is 1220. The number of ether oxygens (including phenoxy) is 3. The molecule has 2 aliphatic rings. The van der Waals surface area contributed by atoms with Gasteiger partial charge < -0.3 is 24.6 Å². The van der Waals surface area contributed by atoms with E-state index < -0.39 is 6.10 Å². The summed E-state index contributed by atoms with van der Waals surface area (Å²) in [5, 5.41) is 14.0. The Labute approximate surface area is 196 Å². The van der Waals surface area contributed by atoms with E-state index in [4.69, 9.17) is 14.2 Å². The van der Waals surface area contributed by atoms with Gasteiger partial charge in [-0.2, -0.15) is 4.98 Å². The molecule has 3 aromatic rings. The van der Waals surface area contributed by atoms with Crippen molar-refractivity contribution in [3.05, 3.63) is 46.6 Å². The molecule has 5 heterocycles. The predicted octanol–water partition coefficient (Wildman–Crippen LogP) is 0.0488. The topological polar surface area (TPSA) is 124 Å². The highest BCUT2D eigenvalue weighted by atomic mass is 16.6. The molecule has 34 heavy (non-hydrogen) atoms. The molecule has 2 N–H and O–H groups in total. The Morgan fingerprint density at radius 3 is 2.85 bits per heavy atom. The minimum Gasteiger partial charge on any atom is -0.486 e. The Kier molecular flexibility index (Phi) is 6.57. The second kappa shape index (κ2) is 9.92. The number of nitrogens with one attached hydrogen (secondary N) is 1. The van der Waals surface area contributed by atoms with Crippen LogP contribution in [0.25, 0.3) is 11.2 Å². The van der Waals surface area contributed by atoms with Crippen molar-refractivity contribution >= 4 is 11.2 Å². The lowest BCUT2D eigenvalue weighted by Crippen LogP contribution is -2.31. The van der Waals surface area contributed by atoms with E-state index in [9.17, 15) is 9.90 Å². The Morgan fingerprint density at radius 1 is 1.15 bits per heavy atom. The van der Waals surface area contributed by atoms with Crippen LogP contribution in [0, 0.1) is 5.92 Å². The van der Waals surface area contributed by atoms with Crippen molar-refractivity contribution in [3.63, 3.8) is 0 Å². The molecule has 1 saturated heterocycles. The molecule has 0 radical (unpaired) electrons. The van der Waals surface area contributed by atoms with Crippen molar-refractivity contribution in [1.82, 2.24) is 29.7 Å². The number of pyridine rings is 2. The average Bonchev–Trinajstić information content (AvgIpc) is 3.22. The van der Waals surface area contributed by atoms with E-state index in [0.29, 0.717) is 68.7 Å². The molecule has 0 aliphatic carbocycles. The van der Waals surface area contributed by atoms with Crippen molar-refractivity contribution in [2.75, 3.05) is 46.5 Å². The van der Waals surface area contributed by atoms with Crippen molar-refractivity contribution < 1.29 is 19.3 Å². The molecular formula is C23H28N6O5. The SMILES string of the molecule is COc1cnc2ccc(=O)n(CCN3C[C@H](CNCc4cc5c(cn4)OCCO5)[C@H](O)C3)c2n1. The van der Waals surface area contributed by atoms with Crippen LogP contribution in [-0.4, -0.2) is 82.1 Å². The highest BCUT2D eigenvalue weighted by Crippen LogP contribution is 2.29. The molecule has 0 aromatic carbocycles. The van der Waals surface area contributed by atoms with Gasteiger partial charge in [-0.15, -0.1) is 0 Å². The lowest BCUT2D eigenvalue weighted by molar-refractivity contribution is 0.140. The summed E-state index contributed by atoms with van der Waals surface area (Å²) in [6.45, 7) is 4.68. The van der Waals surface area contributed by atoms with Gasteiger partial charge in [-0.25, -0.2) is 4.98 Å². The minimum absolute atomic E-state index is 0.0846. The second-order valence-corrected chi connectivity index (χ2v) is 8.48. The quantitative estimate of drug-likeness (QED) is 0.469. The number of hydrogen-bond donors (Lipinski definition) is 2. The van der Waals surface area contributed by atoms with Crippen LogP contribution in [0.3, 0.4) is 0 Å². The van der Waals surface area contributed by atoms with Gasteiger partial charge in [0, 0.05) is 57.3 Å². The summed E-state index contributed by atoms with van der Waals surface area (Å²) in [6, 6.07) is 5.05. The van der Waals surface area contributed by atoms with Gasteiger partial charge in [0.05, 0.1) is 31.3 Å². The van der Waals surface area contributed by atoms with E-state index in [-0.39, 0.29) is 11.5 Å². The third-order valence-electron chi connectivity index (χ3n) is 6.20. The number of aromatic nitrogens is 4. The fourth-order valence-electron chi connectivity index (χ4n) is 4.39. The predicted molar refractivity (Wildman–Crippen MR) is 123 cm³/mol. The summed E-state index contributed by atoms with van der Waals surface area (Å²) >= 11 is 0. The number of hydrogen-bond acceptors (Lipinski definition) is 10. The van der Waals surface area contributed by atoms with Gasteiger partial charge >= 0.3 is 0 Å². The lowest BCUT2D eigenvalue weighted by Gasteiger charge is -2.19. The van der Waals surface area contributed by atoms with Gasteiger partial charge in [0.2, 0.25) is 5.88 Å². The first-order valence-electron chi connectivity index (χ1n) is 11.4. The normalized spacial score (nSPS) is 20.1. The Balaban J connectivity index is 1.16. The second-order valence-electron chi connectivity index (χ2n) is 8.48. The third-order valence-corrected chi connectivity index (χ3v) is 6.20. The van der Waals surface area contributed by atoms with Gasteiger partial charge in [-0.05, 0) is 6.07 Å². The first-order chi connectivity index (χ1) is 16.6. The lowest BCUT2D eigenvalue weighted by atomic mass is 10.1. The summed E-state index contributed by atoms with van der Waals surface area (Å²) in [6.07, 6.45) is 2.78. The number of nitrogens with zero attached hydrogens (tertiary/aromatic N) is 5. The molecule has 5 rings (SSSR count). The van der Waals surface area contributed by atoms with Crippen LogP contribution >= 0.6 is 0 Å². The smallest absolute Gasteiger partial charge is 0.252 e. The molecule has 2 atom stereocenters. The number of methoxy groups -OCH3 is 1. The Hall–Kier alpha value is -3.28.